The van der Waals surface area contributed by atoms with Crippen LogP contribution in [0.3, 0.4) is 0 Å². The van der Waals surface area contributed by atoms with Crippen molar-refractivity contribution in [3.8, 4) is 0 Å². The molecule has 0 saturated carbocycles. The first-order valence-electron chi connectivity index (χ1n) is 14.0. The van der Waals surface area contributed by atoms with Gasteiger partial charge in [-0.15, -0.1) is 0 Å². The minimum Gasteiger partial charge on any atom is -0.381 e. The van der Waals surface area contributed by atoms with Gasteiger partial charge in [-0.25, -0.2) is 0 Å². The Kier molecular flexibility index (Phi) is 7.60. The molecule has 0 N–H and O–H groups in total. The normalized spacial score (nSPS) is 32.5. The lowest BCUT2D eigenvalue weighted by atomic mass is 9.96. The first-order chi connectivity index (χ1) is 17.0. The zero-order chi connectivity index (χ0) is 24.4. The third-order valence-corrected chi connectivity index (χ3v) is 23.8. The van der Waals surface area contributed by atoms with Crippen LogP contribution in [0.15, 0.2) is 60.7 Å². The van der Waals surface area contributed by atoms with Crippen LogP contribution in [-0.2, 0) is 14.2 Å². The van der Waals surface area contributed by atoms with Crippen LogP contribution in [0.2, 0.25) is 13.1 Å². The Bertz CT molecular complexity index is 908. The predicted molar refractivity (Wildman–Crippen MR) is 154 cm³/mol. The Hall–Kier alpha value is -1.03. The fourth-order valence-corrected chi connectivity index (χ4v) is 23.5. The van der Waals surface area contributed by atoms with E-state index in [1.54, 1.807) is 0 Å². The molecule has 3 saturated heterocycles. The summed E-state index contributed by atoms with van der Waals surface area (Å²) < 4.78 is 21.4. The maximum atomic E-state index is 7.32. The molecule has 0 aromatic heterocycles. The Morgan fingerprint density at radius 1 is 0.657 bits per heavy atom. The van der Waals surface area contributed by atoms with Crippen molar-refractivity contribution in [3.63, 3.8) is 0 Å². The SMILES string of the molecule is C[Si](C)(C1([SiH](c2ccccc2)c2ccccc2)CCCCO1)C1(C2([SiH3])CCCCO2)CCCCO1. The number of rotatable bonds is 6. The molecule has 0 bridgehead atoms. The number of hydrogen-bond donors (Lipinski definition) is 0. The van der Waals surface area contributed by atoms with Crippen molar-refractivity contribution in [2.45, 2.75) is 86.2 Å². The molecule has 35 heavy (non-hydrogen) atoms. The van der Waals surface area contributed by atoms with E-state index in [1.165, 1.54) is 48.9 Å². The summed E-state index contributed by atoms with van der Waals surface area (Å²) in [7, 11) is -3.02. The molecule has 3 aliphatic rings. The second-order valence-electron chi connectivity index (χ2n) is 11.7. The van der Waals surface area contributed by atoms with Crippen LogP contribution in [0.5, 0.6) is 0 Å². The molecule has 3 fully saturated rings. The lowest BCUT2D eigenvalue weighted by Gasteiger charge is -2.65. The highest BCUT2D eigenvalue weighted by Gasteiger charge is 2.70. The maximum absolute atomic E-state index is 7.32. The Morgan fingerprint density at radius 2 is 1.17 bits per heavy atom. The summed E-state index contributed by atoms with van der Waals surface area (Å²) >= 11 is 0. The average Bonchev–Trinajstić information content (AvgIpc) is 2.91. The van der Waals surface area contributed by atoms with Crippen molar-refractivity contribution < 1.29 is 14.2 Å². The van der Waals surface area contributed by atoms with E-state index in [9.17, 15) is 0 Å². The fourth-order valence-electron chi connectivity index (χ4n) is 7.88. The van der Waals surface area contributed by atoms with E-state index >= 15 is 0 Å². The molecule has 3 heterocycles. The van der Waals surface area contributed by atoms with Crippen molar-refractivity contribution in [1.29, 1.82) is 0 Å². The molecular formula is C29H44O3Si3. The van der Waals surface area contributed by atoms with E-state index in [0.29, 0.717) is 0 Å². The van der Waals surface area contributed by atoms with Gasteiger partial charge in [0, 0.05) is 30.1 Å². The van der Waals surface area contributed by atoms with Gasteiger partial charge in [-0.05, 0) is 57.8 Å². The minimum atomic E-state index is -2.26. The van der Waals surface area contributed by atoms with E-state index < -0.39 is 16.9 Å². The monoisotopic (exact) mass is 524 g/mol. The van der Waals surface area contributed by atoms with Gasteiger partial charge in [-0.1, -0.05) is 84.1 Å². The Balaban J connectivity index is 1.72. The molecular weight excluding hydrogens is 481 g/mol. The largest absolute Gasteiger partial charge is 0.381 e. The molecule has 6 heteroatoms. The highest BCUT2D eigenvalue weighted by molar-refractivity contribution is 7.03. The lowest BCUT2D eigenvalue weighted by molar-refractivity contribution is -0.167. The molecule has 3 unspecified atom stereocenters. The van der Waals surface area contributed by atoms with Gasteiger partial charge in [-0.2, -0.15) is 0 Å². The van der Waals surface area contributed by atoms with E-state index in [-0.39, 0.29) is 15.3 Å². The molecule has 0 radical (unpaired) electrons. The topological polar surface area (TPSA) is 27.7 Å². The van der Waals surface area contributed by atoms with Gasteiger partial charge in [0.25, 0.3) is 0 Å². The molecule has 0 aliphatic carbocycles. The second-order valence-corrected chi connectivity index (χ2v) is 22.0. The van der Waals surface area contributed by atoms with Gasteiger partial charge in [0.1, 0.15) is 16.9 Å². The summed E-state index contributed by atoms with van der Waals surface area (Å²) in [6.45, 7) is 7.94. The Labute approximate surface area is 218 Å². The predicted octanol–water partition coefficient (Wildman–Crippen LogP) is 3.49. The van der Waals surface area contributed by atoms with E-state index in [0.717, 1.165) is 49.3 Å². The van der Waals surface area contributed by atoms with Crippen molar-refractivity contribution in [2.75, 3.05) is 19.8 Å². The number of benzene rings is 2. The summed E-state index contributed by atoms with van der Waals surface area (Å²) in [6, 6.07) is 22.8. The van der Waals surface area contributed by atoms with Crippen LogP contribution >= 0.6 is 0 Å². The van der Waals surface area contributed by atoms with Crippen LogP contribution in [0.1, 0.15) is 57.8 Å². The highest BCUT2D eigenvalue weighted by atomic mass is 28.4. The molecule has 3 aliphatic heterocycles. The van der Waals surface area contributed by atoms with Crippen LogP contribution in [-0.4, -0.2) is 62.2 Å². The molecule has 3 nitrogen and oxygen atoms in total. The van der Waals surface area contributed by atoms with Crippen LogP contribution in [0.4, 0.5) is 0 Å². The summed E-state index contributed by atoms with van der Waals surface area (Å²) in [5, 5.41) is 2.76. The van der Waals surface area contributed by atoms with E-state index in [1.807, 2.05) is 0 Å². The molecule has 190 valence electrons. The minimum absolute atomic E-state index is 0.0957. The third kappa shape index (κ3) is 4.28. The van der Waals surface area contributed by atoms with E-state index in [4.69, 9.17) is 14.2 Å². The zero-order valence-electron chi connectivity index (χ0n) is 22.1. The lowest BCUT2D eigenvalue weighted by Crippen LogP contribution is -2.85. The van der Waals surface area contributed by atoms with Crippen molar-refractivity contribution in [1.82, 2.24) is 0 Å². The van der Waals surface area contributed by atoms with Crippen LogP contribution in [0, 0.1) is 0 Å². The van der Waals surface area contributed by atoms with Gasteiger partial charge in [0.05, 0.1) is 15.3 Å². The number of hydrogen-bond acceptors (Lipinski definition) is 3. The summed E-state index contributed by atoms with van der Waals surface area (Å²) in [6.07, 6.45) is 10.8. The standard InChI is InChI=1S/C29H44O3Si3/c1-35(2,28(20-10-13-23-31-28)27(33)19-9-12-22-30-27)29(21-11-14-24-32-29)34(25-15-5-3-6-16-25)26-17-7-4-8-18-26/h3-8,15-18,34H,9-14,19-24H2,1-2,33H3. The highest BCUT2D eigenvalue weighted by Crippen LogP contribution is 2.53. The van der Waals surface area contributed by atoms with Crippen molar-refractivity contribution >= 4 is 37.5 Å². The van der Waals surface area contributed by atoms with Gasteiger partial charge in [-0.3, -0.25) is 0 Å². The van der Waals surface area contributed by atoms with Crippen LogP contribution < -0.4 is 10.4 Å². The fraction of sp³-hybridized carbons (Fsp3) is 0.586. The van der Waals surface area contributed by atoms with Gasteiger partial charge in [0.15, 0.2) is 0 Å². The smallest absolute Gasteiger partial charge is 0.134 e. The molecule has 2 aromatic carbocycles. The first kappa shape index (κ1) is 25.6. The van der Waals surface area contributed by atoms with Crippen molar-refractivity contribution in [2.24, 2.45) is 0 Å². The maximum Gasteiger partial charge on any atom is 0.134 e. The summed E-state index contributed by atoms with van der Waals surface area (Å²) in [5.41, 5.74) is 0. The molecule has 3 atom stereocenters. The van der Waals surface area contributed by atoms with Crippen LogP contribution in [0.25, 0.3) is 0 Å². The molecule has 0 spiro atoms. The summed E-state index contributed by atoms with van der Waals surface area (Å²) in [5.74, 6) is 0. The molecule has 0 amide bonds. The van der Waals surface area contributed by atoms with Gasteiger partial charge < -0.3 is 14.2 Å². The summed E-state index contributed by atoms with van der Waals surface area (Å²) in [4.78, 5) is -0.108. The second kappa shape index (κ2) is 10.4. The molecule has 2 aromatic rings. The number of ether oxygens (including phenoxy) is 3. The molecule has 5 rings (SSSR count). The Morgan fingerprint density at radius 3 is 1.63 bits per heavy atom. The van der Waals surface area contributed by atoms with Gasteiger partial charge >= 0.3 is 0 Å². The first-order valence-corrected chi connectivity index (χ1v) is 19.7. The quantitative estimate of drug-likeness (QED) is 0.542. The average molecular weight is 525 g/mol. The van der Waals surface area contributed by atoms with E-state index in [2.05, 4.69) is 73.8 Å². The van der Waals surface area contributed by atoms with Gasteiger partial charge in [0.2, 0.25) is 0 Å². The van der Waals surface area contributed by atoms with Crippen molar-refractivity contribution in [3.05, 3.63) is 60.7 Å². The zero-order valence-corrected chi connectivity index (χ0v) is 26.2. The third-order valence-electron chi connectivity index (χ3n) is 9.70.